The fourth-order valence-electron chi connectivity index (χ4n) is 4.35. The predicted octanol–water partition coefficient (Wildman–Crippen LogP) is 3.25. The Morgan fingerprint density at radius 1 is 0.939 bits per heavy atom. The fourth-order valence-corrected chi connectivity index (χ4v) is 4.35. The fraction of sp³-hybridized carbons (Fsp3) is 0.360. The first kappa shape index (κ1) is 22.5. The average Bonchev–Trinajstić information content (AvgIpc) is 3.42. The molecule has 2 N–H and O–H groups in total. The summed E-state index contributed by atoms with van der Waals surface area (Å²) >= 11 is 0. The minimum Gasteiger partial charge on any atom is -0.350 e. The number of hydrogen-bond donors (Lipinski definition) is 2. The van der Waals surface area contributed by atoms with Crippen LogP contribution in [0.4, 0.5) is 10.5 Å². The number of nitrogens with zero attached hydrogens (tertiary/aromatic N) is 2. The number of rotatable bonds is 6. The van der Waals surface area contributed by atoms with Crippen molar-refractivity contribution in [3.05, 3.63) is 65.2 Å². The Morgan fingerprint density at radius 2 is 1.58 bits per heavy atom. The second kappa shape index (κ2) is 9.44. The number of nitrogens with one attached hydrogen (secondary N) is 2. The maximum absolute atomic E-state index is 13.1. The summed E-state index contributed by atoms with van der Waals surface area (Å²) in [7, 11) is 0. The Labute approximate surface area is 192 Å². The molecule has 4 rings (SSSR count). The van der Waals surface area contributed by atoms with Gasteiger partial charge in [0.25, 0.3) is 11.8 Å². The summed E-state index contributed by atoms with van der Waals surface area (Å²) in [4.78, 5) is 54.0. The molecule has 172 valence electrons. The van der Waals surface area contributed by atoms with Gasteiger partial charge in [-0.2, -0.15) is 0 Å². The zero-order valence-electron chi connectivity index (χ0n) is 18.8. The Hall–Kier alpha value is -3.68. The van der Waals surface area contributed by atoms with E-state index in [-0.39, 0.29) is 18.5 Å². The van der Waals surface area contributed by atoms with Crippen molar-refractivity contribution >= 4 is 29.4 Å². The Morgan fingerprint density at radius 3 is 2.18 bits per heavy atom. The monoisotopic (exact) mass is 448 g/mol. The molecule has 1 saturated heterocycles. The van der Waals surface area contributed by atoms with Crippen LogP contribution in [0.1, 0.15) is 53.0 Å². The zero-order valence-corrected chi connectivity index (χ0v) is 18.8. The second-order valence-corrected chi connectivity index (χ2v) is 8.76. The molecule has 0 aliphatic carbocycles. The smallest absolute Gasteiger partial charge is 0.321 e. The van der Waals surface area contributed by atoms with Crippen LogP contribution in [-0.2, 0) is 11.3 Å². The van der Waals surface area contributed by atoms with Gasteiger partial charge in [0, 0.05) is 25.3 Å². The van der Waals surface area contributed by atoms with Gasteiger partial charge in [-0.25, -0.2) is 4.79 Å². The maximum atomic E-state index is 13.1. The quantitative estimate of drug-likeness (QED) is 0.663. The largest absolute Gasteiger partial charge is 0.350 e. The summed E-state index contributed by atoms with van der Waals surface area (Å²) in [6, 6.07) is 12.8. The molecule has 0 bridgehead atoms. The molecule has 0 radical (unpaired) electrons. The normalized spacial score (nSPS) is 16.2. The number of carbonyl (C=O) groups is 4. The van der Waals surface area contributed by atoms with Crippen LogP contribution in [0.5, 0.6) is 0 Å². The third kappa shape index (κ3) is 4.60. The number of anilines is 1. The van der Waals surface area contributed by atoms with E-state index in [1.165, 1.54) is 0 Å². The minimum absolute atomic E-state index is 0.126. The molecule has 33 heavy (non-hydrogen) atoms. The summed E-state index contributed by atoms with van der Waals surface area (Å²) < 4.78 is 0. The van der Waals surface area contributed by atoms with E-state index in [0.717, 1.165) is 36.4 Å². The molecule has 2 aliphatic heterocycles. The highest BCUT2D eigenvalue weighted by Crippen LogP contribution is 2.27. The van der Waals surface area contributed by atoms with Gasteiger partial charge in [0.15, 0.2) is 0 Å². The molecule has 8 nitrogen and oxygen atoms in total. The highest BCUT2D eigenvalue weighted by atomic mass is 16.2. The summed E-state index contributed by atoms with van der Waals surface area (Å²) in [5.74, 6) is -1.56. The first-order valence-electron chi connectivity index (χ1n) is 11.3. The topological polar surface area (TPSA) is 98.8 Å². The van der Waals surface area contributed by atoms with Crippen LogP contribution in [0.2, 0.25) is 0 Å². The molecular formula is C25H28N4O4. The predicted molar refractivity (Wildman–Crippen MR) is 124 cm³/mol. The van der Waals surface area contributed by atoms with Gasteiger partial charge in [0.1, 0.15) is 6.04 Å². The molecule has 2 aliphatic rings. The standard InChI is InChI=1S/C25H28N4O4/c1-16(2)21(29-23(31)19-10-3-4-11-20(19)24(29)32)22(30)26-15-17-8-7-9-18(14-17)27-25(33)28-12-5-6-13-28/h3-4,7-11,14,16,21H,5-6,12-13,15H2,1-2H3,(H,26,30)(H,27,33). The highest BCUT2D eigenvalue weighted by molar-refractivity contribution is 6.22. The lowest BCUT2D eigenvalue weighted by molar-refractivity contribution is -0.126. The van der Waals surface area contributed by atoms with Gasteiger partial charge in [0.2, 0.25) is 5.91 Å². The van der Waals surface area contributed by atoms with Gasteiger partial charge in [-0.15, -0.1) is 0 Å². The summed E-state index contributed by atoms with van der Waals surface area (Å²) in [6.45, 7) is 5.34. The van der Waals surface area contributed by atoms with E-state index in [4.69, 9.17) is 0 Å². The molecule has 8 heteroatoms. The molecule has 0 aromatic heterocycles. The average molecular weight is 449 g/mol. The van der Waals surface area contributed by atoms with Crippen molar-refractivity contribution in [2.45, 2.75) is 39.3 Å². The first-order valence-corrected chi connectivity index (χ1v) is 11.3. The lowest BCUT2D eigenvalue weighted by Crippen LogP contribution is -2.52. The van der Waals surface area contributed by atoms with Crippen molar-refractivity contribution in [3.8, 4) is 0 Å². The van der Waals surface area contributed by atoms with E-state index in [1.54, 1.807) is 41.3 Å². The van der Waals surface area contributed by atoms with E-state index < -0.39 is 23.8 Å². The van der Waals surface area contributed by atoms with Crippen LogP contribution < -0.4 is 10.6 Å². The van der Waals surface area contributed by atoms with Crippen LogP contribution in [0.25, 0.3) is 0 Å². The van der Waals surface area contributed by atoms with E-state index in [9.17, 15) is 19.2 Å². The van der Waals surface area contributed by atoms with Gasteiger partial charge in [-0.3, -0.25) is 19.3 Å². The van der Waals surface area contributed by atoms with Crippen LogP contribution in [0.15, 0.2) is 48.5 Å². The van der Waals surface area contributed by atoms with Gasteiger partial charge in [-0.05, 0) is 48.6 Å². The molecule has 5 amide bonds. The number of imide groups is 1. The Kier molecular flexibility index (Phi) is 6.44. The SMILES string of the molecule is CC(C)C(C(=O)NCc1cccc(NC(=O)N2CCCC2)c1)N1C(=O)c2ccccc2C1=O. The van der Waals surface area contributed by atoms with Crippen LogP contribution in [-0.4, -0.2) is 52.7 Å². The summed E-state index contributed by atoms with van der Waals surface area (Å²) in [5.41, 5.74) is 2.09. The third-order valence-corrected chi connectivity index (χ3v) is 6.04. The van der Waals surface area contributed by atoms with E-state index in [2.05, 4.69) is 10.6 Å². The number of carbonyl (C=O) groups excluding carboxylic acids is 4. The van der Waals surface area contributed by atoms with Crippen LogP contribution in [0.3, 0.4) is 0 Å². The maximum Gasteiger partial charge on any atom is 0.321 e. The van der Waals surface area contributed by atoms with Crippen LogP contribution >= 0.6 is 0 Å². The molecule has 0 saturated carbocycles. The van der Waals surface area contributed by atoms with Crippen molar-refractivity contribution in [1.82, 2.24) is 15.1 Å². The summed E-state index contributed by atoms with van der Waals surface area (Å²) in [6.07, 6.45) is 2.03. The van der Waals surface area contributed by atoms with Crippen molar-refractivity contribution in [1.29, 1.82) is 0 Å². The Bertz CT molecular complexity index is 1060. The number of likely N-dealkylation sites (tertiary alicyclic amines) is 1. The zero-order chi connectivity index (χ0) is 23.5. The summed E-state index contributed by atoms with van der Waals surface area (Å²) in [5, 5.41) is 5.75. The number of urea groups is 1. The van der Waals surface area contributed by atoms with E-state index in [1.807, 2.05) is 26.0 Å². The van der Waals surface area contributed by atoms with E-state index in [0.29, 0.717) is 16.8 Å². The third-order valence-electron chi connectivity index (χ3n) is 6.04. The number of benzene rings is 2. The molecule has 2 aromatic carbocycles. The molecule has 1 fully saturated rings. The van der Waals surface area contributed by atoms with Gasteiger partial charge >= 0.3 is 6.03 Å². The number of amides is 5. The number of fused-ring (bicyclic) bond motifs is 1. The van der Waals surface area contributed by atoms with Gasteiger partial charge in [-0.1, -0.05) is 38.1 Å². The van der Waals surface area contributed by atoms with Crippen molar-refractivity contribution in [3.63, 3.8) is 0 Å². The van der Waals surface area contributed by atoms with Crippen LogP contribution in [0, 0.1) is 5.92 Å². The Balaban J connectivity index is 1.42. The lowest BCUT2D eigenvalue weighted by Gasteiger charge is -2.28. The highest BCUT2D eigenvalue weighted by Gasteiger charge is 2.43. The number of hydrogen-bond acceptors (Lipinski definition) is 4. The van der Waals surface area contributed by atoms with Gasteiger partial charge in [0.05, 0.1) is 11.1 Å². The molecular weight excluding hydrogens is 420 g/mol. The lowest BCUT2D eigenvalue weighted by atomic mass is 10.0. The van der Waals surface area contributed by atoms with Crippen molar-refractivity contribution < 1.29 is 19.2 Å². The molecule has 2 aromatic rings. The van der Waals surface area contributed by atoms with Crippen molar-refractivity contribution in [2.75, 3.05) is 18.4 Å². The first-order chi connectivity index (χ1) is 15.9. The molecule has 2 heterocycles. The second-order valence-electron chi connectivity index (χ2n) is 8.76. The van der Waals surface area contributed by atoms with Gasteiger partial charge < -0.3 is 15.5 Å². The van der Waals surface area contributed by atoms with Crippen molar-refractivity contribution in [2.24, 2.45) is 5.92 Å². The molecule has 1 atom stereocenters. The molecule has 0 spiro atoms. The van der Waals surface area contributed by atoms with E-state index >= 15 is 0 Å². The minimum atomic E-state index is -0.921. The molecule has 1 unspecified atom stereocenters.